The van der Waals surface area contributed by atoms with Crippen LogP contribution < -0.4 is 15.4 Å². The van der Waals surface area contributed by atoms with E-state index in [1.54, 1.807) is 12.1 Å². The van der Waals surface area contributed by atoms with Gasteiger partial charge in [-0.3, -0.25) is 0 Å². The number of H-pyrrole nitrogens is 1. The minimum atomic E-state index is -4.42. The van der Waals surface area contributed by atoms with E-state index in [1.807, 2.05) is 31.3 Å². The topological polar surface area (TPSA) is 74.3 Å². The van der Waals surface area contributed by atoms with E-state index in [4.69, 9.17) is 4.74 Å². The van der Waals surface area contributed by atoms with Gasteiger partial charge in [0.1, 0.15) is 0 Å². The molecule has 31 heavy (non-hydrogen) atoms. The van der Waals surface area contributed by atoms with Crippen LogP contribution in [0.15, 0.2) is 53.8 Å². The van der Waals surface area contributed by atoms with E-state index in [0.717, 1.165) is 11.9 Å². The molecule has 0 atom stereocenters. The van der Waals surface area contributed by atoms with Crippen molar-refractivity contribution in [2.75, 3.05) is 19.7 Å². The fourth-order valence-corrected chi connectivity index (χ4v) is 2.98. The molecule has 1 aromatic carbocycles. The predicted octanol–water partition coefficient (Wildman–Crippen LogP) is 4.42. The molecule has 3 rings (SSSR count). The summed E-state index contributed by atoms with van der Waals surface area (Å²) in [5.74, 6) is 0.510. The van der Waals surface area contributed by atoms with Crippen LogP contribution in [-0.2, 0) is 13.0 Å². The second-order valence-electron chi connectivity index (χ2n) is 6.60. The molecule has 0 amide bonds. The van der Waals surface area contributed by atoms with Gasteiger partial charge in [0.2, 0.25) is 5.88 Å². The second-order valence-corrected chi connectivity index (χ2v) is 6.60. The van der Waals surface area contributed by atoms with Gasteiger partial charge in [0.15, 0.2) is 12.6 Å². The largest absolute Gasteiger partial charge is 0.468 e. The Hall–Kier alpha value is -2.50. The molecule has 0 bridgehead atoms. The zero-order chi connectivity index (χ0) is 21.4. The van der Waals surface area contributed by atoms with Gasteiger partial charge in [-0.15, -0.1) is 24.0 Å². The molecule has 10 heteroatoms. The van der Waals surface area contributed by atoms with Crippen LogP contribution in [-0.4, -0.2) is 41.8 Å². The van der Waals surface area contributed by atoms with Crippen molar-refractivity contribution < 1.29 is 17.9 Å². The number of aromatic nitrogens is 2. The number of alkyl halides is 3. The molecule has 0 spiro atoms. The van der Waals surface area contributed by atoms with E-state index in [0.29, 0.717) is 24.6 Å². The lowest BCUT2D eigenvalue weighted by atomic mass is 10.1. The van der Waals surface area contributed by atoms with Crippen LogP contribution in [0.25, 0.3) is 10.9 Å². The molecule has 0 radical (unpaired) electrons. The maximum absolute atomic E-state index is 12.4. The summed E-state index contributed by atoms with van der Waals surface area (Å²) in [6, 6.07) is 11.4. The molecule has 0 fully saturated rings. The smallest absolute Gasteiger partial charge is 0.422 e. The number of benzene rings is 1. The first-order chi connectivity index (χ1) is 14.5. The Bertz CT molecular complexity index is 990. The minimum absolute atomic E-state index is 0. The Labute approximate surface area is 195 Å². The van der Waals surface area contributed by atoms with Gasteiger partial charge in [0.05, 0.1) is 6.54 Å². The summed E-state index contributed by atoms with van der Waals surface area (Å²) in [7, 11) is 0. The number of ether oxygens (including phenoxy) is 1. The van der Waals surface area contributed by atoms with Crippen LogP contribution in [0.2, 0.25) is 0 Å². The second kappa shape index (κ2) is 11.8. The third-order valence-electron chi connectivity index (χ3n) is 4.34. The lowest BCUT2D eigenvalue weighted by Crippen LogP contribution is -2.38. The molecule has 6 nitrogen and oxygen atoms in total. The Morgan fingerprint density at radius 3 is 2.71 bits per heavy atom. The van der Waals surface area contributed by atoms with Crippen LogP contribution in [0.1, 0.15) is 18.1 Å². The van der Waals surface area contributed by atoms with Crippen LogP contribution in [0, 0.1) is 0 Å². The first-order valence-electron chi connectivity index (χ1n) is 9.67. The van der Waals surface area contributed by atoms with Crippen LogP contribution >= 0.6 is 24.0 Å². The SMILES string of the molecule is CCNC(=NCc1cccnc1OCC(F)(F)F)NCCc1c[nH]c2ccccc12.I. The summed E-state index contributed by atoms with van der Waals surface area (Å²) in [6.07, 6.45) is -0.238. The number of nitrogens with zero attached hydrogens (tertiary/aromatic N) is 2. The van der Waals surface area contributed by atoms with Crippen LogP contribution in [0.4, 0.5) is 13.2 Å². The molecule has 3 aromatic rings. The van der Waals surface area contributed by atoms with Gasteiger partial charge in [-0.2, -0.15) is 13.2 Å². The molecule has 168 valence electrons. The van der Waals surface area contributed by atoms with Crippen molar-refractivity contribution in [3.63, 3.8) is 0 Å². The molecule has 0 saturated heterocycles. The molecular formula is C21H25F3IN5O. The average Bonchev–Trinajstić information content (AvgIpc) is 3.14. The molecule has 3 N–H and O–H groups in total. The summed E-state index contributed by atoms with van der Waals surface area (Å²) in [6.45, 7) is 2.01. The Morgan fingerprint density at radius 1 is 1.13 bits per heavy atom. The van der Waals surface area contributed by atoms with Crippen LogP contribution in [0.3, 0.4) is 0 Å². The highest BCUT2D eigenvalue weighted by molar-refractivity contribution is 14.0. The van der Waals surface area contributed by atoms with Crippen molar-refractivity contribution in [3.8, 4) is 5.88 Å². The number of pyridine rings is 1. The van der Waals surface area contributed by atoms with Gasteiger partial charge < -0.3 is 20.4 Å². The van der Waals surface area contributed by atoms with Crippen molar-refractivity contribution in [1.82, 2.24) is 20.6 Å². The highest BCUT2D eigenvalue weighted by Gasteiger charge is 2.29. The zero-order valence-corrected chi connectivity index (χ0v) is 19.3. The first-order valence-corrected chi connectivity index (χ1v) is 9.67. The predicted molar refractivity (Wildman–Crippen MR) is 126 cm³/mol. The molecule has 0 saturated carbocycles. The maximum Gasteiger partial charge on any atom is 0.422 e. The van der Waals surface area contributed by atoms with E-state index in [-0.39, 0.29) is 36.4 Å². The minimum Gasteiger partial charge on any atom is -0.468 e. The average molecular weight is 547 g/mol. The number of halogens is 4. The number of aromatic amines is 1. The highest BCUT2D eigenvalue weighted by Crippen LogP contribution is 2.20. The number of rotatable bonds is 8. The maximum atomic E-state index is 12.4. The van der Waals surface area contributed by atoms with Gasteiger partial charge in [0.25, 0.3) is 0 Å². The van der Waals surface area contributed by atoms with Crippen molar-refractivity contribution in [1.29, 1.82) is 0 Å². The number of para-hydroxylation sites is 1. The van der Waals surface area contributed by atoms with Crippen molar-refractivity contribution in [3.05, 3.63) is 59.9 Å². The summed E-state index contributed by atoms with van der Waals surface area (Å²) >= 11 is 0. The van der Waals surface area contributed by atoms with Crippen molar-refractivity contribution in [2.45, 2.75) is 26.1 Å². The van der Waals surface area contributed by atoms with Crippen molar-refractivity contribution in [2.24, 2.45) is 4.99 Å². The lowest BCUT2D eigenvalue weighted by Gasteiger charge is -2.13. The lowest BCUT2D eigenvalue weighted by molar-refractivity contribution is -0.154. The summed E-state index contributed by atoms with van der Waals surface area (Å²) in [5.41, 5.74) is 2.77. The molecule has 0 aliphatic rings. The number of guanidine groups is 1. The van der Waals surface area contributed by atoms with Gasteiger partial charge >= 0.3 is 6.18 Å². The number of hydrogen-bond donors (Lipinski definition) is 3. The number of aliphatic imine (C=N–C) groups is 1. The molecule has 0 unspecified atom stereocenters. The van der Waals surface area contributed by atoms with Crippen molar-refractivity contribution >= 4 is 40.8 Å². The van der Waals surface area contributed by atoms with Gasteiger partial charge in [-0.1, -0.05) is 24.3 Å². The molecule has 2 aromatic heterocycles. The normalized spacial score (nSPS) is 11.8. The standard InChI is InChI=1S/C21H24F3N5O.HI/c1-2-25-20(27-11-9-15-12-28-18-8-4-3-7-17(15)18)29-13-16-6-5-10-26-19(16)30-14-21(22,23)24;/h3-8,10,12,28H,2,9,11,13-14H2,1H3,(H2,25,27,29);1H. The number of fused-ring (bicyclic) bond motifs is 1. The summed E-state index contributed by atoms with van der Waals surface area (Å²) < 4.78 is 42.1. The quantitative estimate of drug-likeness (QED) is 0.222. The van der Waals surface area contributed by atoms with Gasteiger partial charge in [0, 0.05) is 41.9 Å². The monoisotopic (exact) mass is 547 g/mol. The highest BCUT2D eigenvalue weighted by atomic mass is 127. The summed E-state index contributed by atoms with van der Waals surface area (Å²) in [5, 5.41) is 7.57. The first kappa shape index (κ1) is 24.8. The van der Waals surface area contributed by atoms with Crippen LogP contribution in [0.5, 0.6) is 5.88 Å². The Morgan fingerprint density at radius 2 is 1.94 bits per heavy atom. The van der Waals surface area contributed by atoms with Gasteiger partial charge in [-0.25, -0.2) is 9.98 Å². The number of hydrogen-bond acceptors (Lipinski definition) is 3. The Kier molecular flexibility index (Phi) is 9.41. The molecular weight excluding hydrogens is 522 g/mol. The fourth-order valence-electron chi connectivity index (χ4n) is 2.98. The van der Waals surface area contributed by atoms with Gasteiger partial charge in [-0.05, 0) is 31.0 Å². The van der Waals surface area contributed by atoms with E-state index in [2.05, 4.69) is 31.7 Å². The van der Waals surface area contributed by atoms with E-state index < -0.39 is 12.8 Å². The molecule has 0 aliphatic carbocycles. The number of nitrogens with one attached hydrogen (secondary N) is 3. The third kappa shape index (κ3) is 7.60. The Balaban J connectivity index is 0.00000341. The molecule has 0 aliphatic heterocycles. The van der Waals surface area contributed by atoms with E-state index in [9.17, 15) is 13.2 Å². The van der Waals surface area contributed by atoms with E-state index >= 15 is 0 Å². The zero-order valence-electron chi connectivity index (χ0n) is 17.0. The third-order valence-corrected chi connectivity index (χ3v) is 4.34. The fraction of sp³-hybridized carbons (Fsp3) is 0.333. The van der Waals surface area contributed by atoms with E-state index in [1.165, 1.54) is 17.1 Å². The molecule has 2 heterocycles. The summed E-state index contributed by atoms with van der Waals surface area (Å²) in [4.78, 5) is 11.6.